The summed E-state index contributed by atoms with van der Waals surface area (Å²) in [5, 5.41) is 27.0. The number of ether oxygens (including phenoxy) is 2. The van der Waals surface area contributed by atoms with Gasteiger partial charge in [-0.1, -0.05) is 23.7 Å². The van der Waals surface area contributed by atoms with E-state index < -0.39 is 24.1 Å². The van der Waals surface area contributed by atoms with Gasteiger partial charge >= 0.3 is 0 Å². The lowest BCUT2D eigenvalue weighted by Gasteiger charge is -2.71. The zero-order chi connectivity index (χ0) is 21.5. The molecule has 0 spiro atoms. The van der Waals surface area contributed by atoms with E-state index in [9.17, 15) is 19.0 Å². The van der Waals surface area contributed by atoms with Crippen LogP contribution in [0.25, 0.3) is 0 Å². The summed E-state index contributed by atoms with van der Waals surface area (Å²) < 4.78 is 37.8. The molecule has 3 aliphatic carbocycles. The standard InChI is InChI=1S/C21H23ClF2N2O4/c1-29-18-13(3-2-4-15(18)23)19(28)26-21-9-20(10-21,11-21)25-17(27)8-30-12-5-6-14(22)16(24)7-12/h2-7,17,19,25-28H,8-11H2,1H3. The van der Waals surface area contributed by atoms with Crippen LogP contribution < -0.4 is 20.1 Å². The van der Waals surface area contributed by atoms with Crippen LogP contribution in [0.4, 0.5) is 8.78 Å². The molecular formula is C21H23ClF2N2O4. The fourth-order valence-electron chi connectivity index (χ4n) is 4.55. The molecule has 2 bridgehead atoms. The molecule has 0 aromatic heterocycles. The Morgan fingerprint density at radius 3 is 2.43 bits per heavy atom. The zero-order valence-electron chi connectivity index (χ0n) is 16.3. The maximum Gasteiger partial charge on any atom is 0.165 e. The Morgan fingerprint density at radius 1 is 1.07 bits per heavy atom. The van der Waals surface area contributed by atoms with E-state index in [2.05, 4.69) is 10.6 Å². The van der Waals surface area contributed by atoms with Crippen molar-refractivity contribution in [2.24, 2.45) is 0 Å². The van der Waals surface area contributed by atoms with Crippen molar-refractivity contribution >= 4 is 11.6 Å². The van der Waals surface area contributed by atoms with Crippen molar-refractivity contribution in [3.63, 3.8) is 0 Å². The first-order chi connectivity index (χ1) is 14.2. The fraction of sp³-hybridized carbons (Fsp3) is 0.429. The SMILES string of the molecule is COc1c(F)cccc1C(O)NC12CC(NC(O)COc3ccc(Cl)c(F)c3)(C1)C2. The summed E-state index contributed by atoms with van der Waals surface area (Å²) in [7, 11) is 1.36. The van der Waals surface area contributed by atoms with Crippen molar-refractivity contribution in [3.8, 4) is 11.5 Å². The molecule has 5 rings (SSSR count). The van der Waals surface area contributed by atoms with Crippen molar-refractivity contribution in [2.75, 3.05) is 13.7 Å². The van der Waals surface area contributed by atoms with Crippen LogP contribution in [0, 0.1) is 11.6 Å². The predicted molar refractivity (Wildman–Crippen MR) is 106 cm³/mol. The highest BCUT2D eigenvalue weighted by molar-refractivity contribution is 6.30. The van der Waals surface area contributed by atoms with Gasteiger partial charge in [0.1, 0.15) is 30.6 Å². The number of aliphatic hydroxyl groups excluding tert-OH is 2. The first kappa shape index (κ1) is 21.3. The maximum atomic E-state index is 13.9. The lowest BCUT2D eigenvalue weighted by Crippen LogP contribution is -2.84. The van der Waals surface area contributed by atoms with E-state index in [0.717, 1.165) is 6.07 Å². The average molecular weight is 441 g/mol. The summed E-state index contributed by atoms with van der Waals surface area (Å²) in [6.07, 6.45) is 0.0848. The molecule has 3 fully saturated rings. The number of hydrogen-bond acceptors (Lipinski definition) is 6. The topological polar surface area (TPSA) is 83.0 Å². The van der Waals surface area contributed by atoms with Gasteiger partial charge < -0.3 is 19.7 Å². The Morgan fingerprint density at radius 2 is 1.77 bits per heavy atom. The van der Waals surface area contributed by atoms with E-state index in [4.69, 9.17) is 21.1 Å². The molecule has 2 aromatic rings. The Bertz CT molecular complexity index is 925. The van der Waals surface area contributed by atoms with Gasteiger partial charge in [-0.25, -0.2) is 8.78 Å². The minimum Gasteiger partial charge on any atom is -0.493 e. The van der Waals surface area contributed by atoms with E-state index >= 15 is 0 Å². The van der Waals surface area contributed by atoms with Gasteiger partial charge in [-0.15, -0.1) is 0 Å². The molecule has 9 heteroatoms. The second kappa shape index (κ2) is 7.94. The summed E-state index contributed by atoms with van der Waals surface area (Å²) in [6.45, 7) is -0.0492. The van der Waals surface area contributed by atoms with Gasteiger partial charge in [0.15, 0.2) is 11.6 Å². The van der Waals surface area contributed by atoms with Crippen LogP contribution in [-0.4, -0.2) is 41.2 Å². The summed E-state index contributed by atoms with van der Waals surface area (Å²) >= 11 is 5.63. The number of para-hydroxylation sites is 1. The molecule has 3 aliphatic rings. The number of methoxy groups -OCH3 is 1. The lowest BCUT2D eigenvalue weighted by atomic mass is 9.44. The van der Waals surface area contributed by atoms with Crippen LogP contribution in [0.2, 0.25) is 5.02 Å². The highest BCUT2D eigenvalue weighted by Crippen LogP contribution is 2.61. The molecule has 6 nitrogen and oxygen atoms in total. The molecule has 0 radical (unpaired) electrons. The van der Waals surface area contributed by atoms with E-state index in [-0.39, 0.29) is 34.2 Å². The predicted octanol–water partition coefficient (Wildman–Crippen LogP) is 2.87. The average Bonchev–Trinajstić information content (AvgIpc) is 2.66. The highest BCUT2D eigenvalue weighted by atomic mass is 35.5. The molecule has 3 saturated carbocycles. The van der Waals surface area contributed by atoms with E-state index in [1.165, 1.54) is 31.4 Å². The van der Waals surface area contributed by atoms with Gasteiger partial charge in [-0.05, 0) is 37.5 Å². The van der Waals surface area contributed by atoms with Crippen LogP contribution in [-0.2, 0) is 0 Å². The smallest absolute Gasteiger partial charge is 0.165 e. The molecule has 0 aliphatic heterocycles. The second-order valence-electron chi connectivity index (χ2n) is 8.05. The van der Waals surface area contributed by atoms with Crippen molar-refractivity contribution < 1.29 is 28.5 Å². The Labute approximate surface area is 177 Å². The van der Waals surface area contributed by atoms with Crippen LogP contribution in [0.15, 0.2) is 36.4 Å². The van der Waals surface area contributed by atoms with Crippen LogP contribution in [0.1, 0.15) is 31.1 Å². The van der Waals surface area contributed by atoms with Gasteiger partial charge in [0.05, 0.1) is 12.1 Å². The number of nitrogens with one attached hydrogen (secondary N) is 2. The normalized spacial score (nSPS) is 26.3. The summed E-state index contributed by atoms with van der Waals surface area (Å²) in [6, 6.07) is 8.49. The van der Waals surface area contributed by atoms with Crippen molar-refractivity contribution in [2.45, 2.75) is 42.8 Å². The van der Waals surface area contributed by atoms with Gasteiger partial charge in [0.25, 0.3) is 0 Å². The Kier molecular flexibility index (Phi) is 5.63. The second-order valence-corrected chi connectivity index (χ2v) is 8.45. The van der Waals surface area contributed by atoms with Gasteiger partial charge in [0.2, 0.25) is 0 Å². The first-order valence-corrected chi connectivity index (χ1v) is 9.94. The van der Waals surface area contributed by atoms with Crippen molar-refractivity contribution in [3.05, 3.63) is 58.6 Å². The van der Waals surface area contributed by atoms with E-state index in [1.807, 2.05) is 0 Å². The molecule has 0 heterocycles. The summed E-state index contributed by atoms with van der Waals surface area (Å²) in [5.74, 6) is -0.823. The van der Waals surface area contributed by atoms with E-state index in [1.54, 1.807) is 6.07 Å². The largest absolute Gasteiger partial charge is 0.493 e. The molecule has 2 aromatic carbocycles. The third-order valence-corrected chi connectivity index (χ3v) is 6.05. The quantitative estimate of drug-likeness (QED) is 0.449. The molecule has 4 N–H and O–H groups in total. The minimum absolute atomic E-state index is 0.00531. The highest BCUT2D eigenvalue weighted by Gasteiger charge is 2.68. The monoisotopic (exact) mass is 440 g/mol. The fourth-order valence-corrected chi connectivity index (χ4v) is 4.67. The molecule has 30 heavy (non-hydrogen) atoms. The van der Waals surface area contributed by atoms with Gasteiger partial charge in [-0.3, -0.25) is 10.6 Å². The van der Waals surface area contributed by atoms with Crippen LogP contribution in [0.5, 0.6) is 11.5 Å². The van der Waals surface area contributed by atoms with E-state index in [0.29, 0.717) is 24.8 Å². The Hall–Kier alpha value is -1.97. The number of hydrogen-bond donors (Lipinski definition) is 4. The van der Waals surface area contributed by atoms with Gasteiger partial charge in [0, 0.05) is 22.7 Å². The molecule has 0 amide bonds. The first-order valence-electron chi connectivity index (χ1n) is 9.57. The number of halogens is 3. The summed E-state index contributed by atoms with van der Waals surface area (Å²) in [5.41, 5.74) is -0.177. The van der Waals surface area contributed by atoms with Crippen molar-refractivity contribution in [1.82, 2.24) is 10.6 Å². The zero-order valence-corrected chi connectivity index (χ0v) is 17.0. The lowest BCUT2D eigenvalue weighted by molar-refractivity contribution is -0.151. The Balaban J connectivity index is 1.26. The number of aliphatic hydroxyl groups is 2. The maximum absolute atomic E-state index is 13.9. The third kappa shape index (κ3) is 3.98. The minimum atomic E-state index is -1.07. The molecule has 2 unspecified atom stereocenters. The van der Waals surface area contributed by atoms with Crippen molar-refractivity contribution in [1.29, 1.82) is 0 Å². The molecule has 162 valence electrons. The van der Waals surface area contributed by atoms with Crippen LogP contribution in [0.3, 0.4) is 0 Å². The number of benzene rings is 2. The molecule has 0 saturated heterocycles. The third-order valence-electron chi connectivity index (χ3n) is 5.74. The summed E-state index contributed by atoms with van der Waals surface area (Å²) in [4.78, 5) is 0. The van der Waals surface area contributed by atoms with Crippen LogP contribution >= 0.6 is 11.6 Å². The van der Waals surface area contributed by atoms with Gasteiger partial charge in [-0.2, -0.15) is 0 Å². The molecule has 2 atom stereocenters. The molecular weight excluding hydrogens is 418 g/mol. The number of rotatable bonds is 9.